The lowest BCUT2D eigenvalue weighted by atomic mass is 10.0. The third-order valence-electron chi connectivity index (χ3n) is 10.2. The molecule has 280 valence electrons. The maximum Gasteiger partial charge on any atom is 0.267 e. The van der Waals surface area contributed by atoms with Crippen molar-refractivity contribution in [3.8, 4) is 0 Å². The van der Waals surface area contributed by atoms with E-state index in [1.165, 1.54) is 159 Å². The van der Waals surface area contributed by atoms with Gasteiger partial charge < -0.3 is 4.48 Å². The second-order valence-electron chi connectivity index (χ2n) is 13.9. The van der Waals surface area contributed by atoms with Gasteiger partial charge in [-0.05, 0) is 47.0 Å². The van der Waals surface area contributed by atoms with E-state index in [9.17, 15) is 12.8 Å². The van der Waals surface area contributed by atoms with Gasteiger partial charge in [-0.25, -0.2) is 0 Å². The normalized spacial score (nSPS) is 12.0. The second kappa shape index (κ2) is 37.6. The van der Waals surface area contributed by atoms with E-state index < -0.39 is 10.1 Å². The molecule has 0 atom stereocenters. The van der Waals surface area contributed by atoms with Crippen LogP contribution in [0.1, 0.15) is 214 Å². The van der Waals surface area contributed by atoms with Gasteiger partial charge in [-0.15, -0.1) is 0 Å². The van der Waals surface area contributed by atoms with Crippen LogP contribution in [0, 0.1) is 0 Å². The van der Waals surface area contributed by atoms with E-state index in [0.29, 0.717) is 19.4 Å². The van der Waals surface area contributed by atoms with E-state index in [0.717, 1.165) is 38.5 Å². The van der Waals surface area contributed by atoms with Gasteiger partial charge in [-0.2, -0.15) is 8.42 Å². The zero-order valence-corrected chi connectivity index (χ0v) is 33.0. The van der Waals surface area contributed by atoms with Crippen LogP contribution in [0.25, 0.3) is 0 Å². The molecule has 0 rings (SSSR count). The predicted molar refractivity (Wildman–Crippen MR) is 203 cm³/mol. The van der Waals surface area contributed by atoms with Gasteiger partial charge in [0.25, 0.3) is 10.1 Å². The Hall–Kier alpha value is -0.200. The third kappa shape index (κ3) is 35.1. The summed E-state index contributed by atoms with van der Waals surface area (Å²) in [6.45, 7) is 16.7. The van der Waals surface area contributed by atoms with E-state index >= 15 is 0 Å². The Morgan fingerprint density at radius 3 is 0.978 bits per heavy atom. The Morgan fingerprint density at radius 2 is 0.696 bits per heavy atom. The fourth-order valence-electron chi connectivity index (χ4n) is 6.38. The number of hydrogen-bond acceptors (Lipinski definition) is 3. The molecule has 0 aromatic carbocycles. The van der Waals surface area contributed by atoms with Crippen LogP contribution in [0.2, 0.25) is 0 Å². The number of alkyl halides is 1. The summed E-state index contributed by atoms with van der Waals surface area (Å²) < 4.78 is 42.5. The standard InChI is InChI=1S/C32H65FO3S.C8H20N/c1-2-3-4-5-6-7-8-9-10-11-12-13-14-16-19-22-25-28-31-36-37(34,35)32-29-26-23-20-17-15-18-21-24-27-30-33;1-5-9(6-2,7-3)8-4/h2-32H2,1H3;5-8H2,1-4H3/q;+1. The first kappa shape index (κ1) is 47.9. The Kier molecular flexibility index (Phi) is 39.2. The van der Waals surface area contributed by atoms with Gasteiger partial charge in [0.1, 0.15) is 0 Å². The minimum atomic E-state index is -3.35. The summed E-state index contributed by atoms with van der Waals surface area (Å²) in [6, 6.07) is 0. The highest BCUT2D eigenvalue weighted by Crippen LogP contribution is 2.15. The van der Waals surface area contributed by atoms with Crippen LogP contribution in [0.3, 0.4) is 0 Å². The SMILES string of the molecule is CCCCCCCCCCCCCCCCCCCCOS(=O)(=O)CCCCCCCCCCCCF.CC[N+](CC)(CC)CC. The number of rotatable bonds is 36. The van der Waals surface area contributed by atoms with Gasteiger partial charge in [0.2, 0.25) is 0 Å². The van der Waals surface area contributed by atoms with E-state index in [4.69, 9.17) is 4.18 Å². The van der Waals surface area contributed by atoms with Crippen molar-refractivity contribution in [1.29, 1.82) is 0 Å². The van der Waals surface area contributed by atoms with Crippen LogP contribution in [-0.2, 0) is 14.3 Å². The molecular weight excluding hydrogens is 594 g/mol. The molecular formula is C40H85FNO3S+. The van der Waals surface area contributed by atoms with Crippen molar-refractivity contribution in [2.45, 2.75) is 214 Å². The van der Waals surface area contributed by atoms with Crippen LogP contribution in [0.5, 0.6) is 0 Å². The molecule has 0 amide bonds. The molecule has 0 aliphatic rings. The molecule has 46 heavy (non-hydrogen) atoms. The Balaban J connectivity index is 0. The lowest BCUT2D eigenvalue weighted by Gasteiger charge is -2.34. The van der Waals surface area contributed by atoms with Crippen molar-refractivity contribution in [2.24, 2.45) is 0 Å². The number of nitrogens with zero attached hydrogens (tertiary/aromatic N) is 1. The molecule has 0 radical (unpaired) electrons. The van der Waals surface area contributed by atoms with Crippen LogP contribution in [0.4, 0.5) is 4.39 Å². The maximum atomic E-state index is 12.0. The maximum absolute atomic E-state index is 12.0. The molecule has 0 aromatic rings. The average molecular weight is 679 g/mol. The Bertz CT molecular complexity index is 652. The zero-order valence-electron chi connectivity index (χ0n) is 32.2. The van der Waals surface area contributed by atoms with Crippen molar-refractivity contribution in [3.05, 3.63) is 0 Å². The van der Waals surface area contributed by atoms with Gasteiger partial charge in [-0.1, -0.05) is 167 Å². The smallest absolute Gasteiger partial charge is 0.267 e. The highest BCUT2D eigenvalue weighted by molar-refractivity contribution is 7.86. The largest absolute Gasteiger partial charge is 0.325 e. The first-order valence-electron chi connectivity index (χ1n) is 20.6. The van der Waals surface area contributed by atoms with Gasteiger partial charge in [0.05, 0.1) is 45.2 Å². The monoisotopic (exact) mass is 679 g/mol. The lowest BCUT2D eigenvalue weighted by Crippen LogP contribution is -2.47. The molecule has 0 saturated heterocycles. The summed E-state index contributed by atoms with van der Waals surface area (Å²) in [6.07, 6.45) is 34.4. The average Bonchev–Trinajstić information content (AvgIpc) is 3.06. The summed E-state index contributed by atoms with van der Waals surface area (Å²) in [5.74, 6) is 0.162. The van der Waals surface area contributed by atoms with Crippen molar-refractivity contribution >= 4 is 10.1 Å². The number of quaternary nitrogens is 1. The quantitative estimate of drug-likeness (QED) is 0.0376. The molecule has 0 aliphatic carbocycles. The van der Waals surface area contributed by atoms with Gasteiger partial charge in [-0.3, -0.25) is 8.57 Å². The molecule has 4 nitrogen and oxygen atoms in total. The molecule has 0 unspecified atom stereocenters. The van der Waals surface area contributed by atoms with Crippen molar-refractivity contribution in [3.63, 3.8) is 0 Å². The fourth-order valence-corrected chi connectivity index (χ4v) is 7.43. The molecule has 0 aromatic heterocycles. The fraction of sp³-hybridized carbons (Fsp3) is 1.00. The van der Waals surface area contributed by atoms with Crippen molar-refractivity contribution in [2.75, 3.05) is 45.2 Å². The van der Waals surface area contributed by atoms with Gasteiger partial charge >= 0.3 is 0 Å². The van der Waals surface area contributed by atoms with Crippen LogP contribution >= 0.6 is 0 Å². The predicted octanol–water partition coefficient (Wildman–Crippen LogP) is 13.1. The molecule has 0 N–H and O–H groups in total. The molecule has 0 fully saturated rings. The van der Waals surface area contributed by atoms with E-state index in [-0.39, 0.29) is 12.4 Å². The molecule has 0 saturated carbocycles. The topological polar surface area (TPSA) is 43.4 Å². The molecule has 0 heterocycles. The highest BCUT2D eigenvalue weighted by atomic mass is 32.2. The Labute approximate surface area is 290 Å². The van der Waals surface area contributed by atoms with E-state index in [1.54, 1.807) is 0 Å². The van der Waals surface area contributed by atoms with Crippen LogP contribution < -0.4 is 0 Å². The number of halogens is 1. The Morgan fingerprint density at radius 1 is 0.413 bits per heavy atom. The third-order valence-corrected chi connectivity index (χ3v) is 11.5. The van der Waals surface area contributed by atoms with E-state index in [1.807, 2.05) is 0 Å². The lowest BCUT2D eigenvalue weighted by molar-refractivity contribution is -0.921. The second-order valence-corrected chi connectivity index (χ2v) is 15.7. The summed E-state index contributed by atoms with van der Waals surface area (Å²) in [4.78, 5) is 0. The van der Waals surface area contributed by atoms with Crippen molar-refractivity contribution < 1.29 is 21.5 Å². The van der Waals surface area contributed by atoms with Gasteiger partial charge in [0.15, 0.2) is 0 Å². The van der Waals surface area contributed by atoms with Crippen molar-refractivity contribution in [1.82, 2.24) is 0 Å². The van der Waals surface area contributed by atoms with Gasteiger partial charge in [0, 0.05) is 0 Å². The summed E-state index contributed by atoms with van der Waals surface area (Å²) in [7, 11) is -3.35. The zero-order chi connectivity index (χ0) is 34.5. The summed E-state index contributed by atoms with van der Waals surface area (Å²) >= 11 is 0. The molecule has 0 aliphatic heterocycles. The first-order chi connectivity index (χ1) is 22.4. The highest BCUT2D eigenvalue weighted by Gasteiger charge is 2.16. The number of unbranched alkanes of at least 4 members (excludes halogenated alkanes) is 26. The minimum absolute atomic E-state index is 0.162. The number of hydrogen-bond donors (Lipinski definition) is 0. The molecule has 6 heteroatoms. The van der Waals surface area contributed by atoms with Crippen LogP contribution in [-0.4, -0.2) is 58.1 Å². The summed E-state index contributed by atoms with van der Waals surface area (Å²) in [5.41, 5.74) is 0. The minimum Gasteiger partial charge on any atom is -0.325 e. The van der Waals surface area contributed by atoms with Crippen LogP contribution in [0.15, 0.2) is 0 Å². The molecule has 0 spiro atoms. The van der Waals surface area contributed by atoms with E-state index in [2.05, 4.69) is 34.6 Å². The summed E-state index contributed by atoms with van der Waals surface area (Å²) in [5, 5.41) is 0. The first-order valence-corrected chi connectivity index (χ1v) is 22.2. The molecule has 0 bridgehead atoms.